The van der Waals surface area contributed by atoms with Crippen LogP contribution in [0, 0.1) is 0 Å². The molecule has 3 aromatic carbocycles. The summed E-state index contributed by atoms with van der Waals surface area (Å²) in [5, 5.41) is 2.11. The van der Waals surface area contributed by atoms with Crippen molar-refractivity contribution in [3.05, 3.63) is 77.9 Å². The van der Waals surface area contributed by atoms with Crippen LogP contribution in [-0.2, 0) is 22.2 Å². The third kappa shape index (κ3) is 8.44. The second-order valence-electron chi connectivity index (χ2n) is 9.60. The van der Waals surface area contributed by atoms with E-state index in [-0.39, 0.29) is 29.7 Å². The first-order valence-corrected chi connectivity index (χ1v) is 14.5. The van der Waals surface area contributed by atoms with Gasteiger partial charge in [0.25, 0.3) is 0 Å². The maximum atomic E-state index is 13.4. The number of carbonyl (C=O) groups is 2. The number of methoxy groups -OCH3 is 2. The fourth-order valence-corrected chi connectivity index (χ4v) is 5.40. The van der Waals surface area contributed by atoms with Crippen molar-refractivity contribution in [2.24, 2.45) is 4.99 Å². The quantitative estimate of drug-likeness (QED) is 0.258. The largest absolute Gasteiger partial charge is 0.494 e. The molecule has 0 bridgehead atoms. The Kier molecular flexibility index (Phi) is 10.6. The first kappa shape index (κ1) is 31.7. The number of rotatable bonds is 11. The summed E-state index contributed by atoms with van der Waals surface area (Å²) < 4.78 is 56.3. The van der Waals surface area contributed by atoms with Crippen LogP contribution in [0.3, 0.4) is 0 Å². The number of hydrogen-bond donors (Lipinski definition) is 1. The highest BCUT2D eigenvalue weighted by Crippen LogP contribution is 2.34. The molecule has 4 rings (SSSR count). The lowest BCUT2D eigenvalue weighted by molar-refractivity contribution is -0.137. The van der Waals surface area contributed by atoms with Gasteiger partial charge in [0.15, 0.2) is 16.7 Å². The van der Waals surface area contributed by atoms with E-state index in [9.17, 15) is 22.8 Å². The molecule has 0 aromatic heterocycles. The van der Waals surface area contributed by atoms with E-state index in [4.69, 9.17) is 14.2 Å². The van der Waals surface area contributed by atoms with Crippen molar-refractivity contribution in [2.45, 2.75) is 37.6 Å². The number of thioether (sulfide) groups is 1. The Labute approximate surface area is 252 Å². The minimum absolute atomic E-state index is 0.0185. The molecule has 228 valence electrons. The van der Waals surface area contributed by atoms with Gasteiger partial charge in [0.2, 0.25) is 11.8 Å². The van der Waals surface area contributed by atoms with E-state index in [1.54, 1.807) is 36.4 Å². The summed E-state index contributed by atoms with van der Waals surface area (Å²) in [5.41, 5.74) is 0.526. The Morgan fingerprint density at radius 3 is 2.47 bits per heavy atom. The molecule has 0 unspecified atom stereocenters. The number of nitrogens with one attached hydrogen (secondary N) is 1. The standard InChI is InChI=1S/C31H32F3N3O5S/c1-4-16-42-24-11-9-22(10-12-24)35-29(39)27-19-28(38)37(15-14-20-8-13-25(40-2)26(17-20)41-3)30(43-27)36-23-7-5-6-21(18-23)31(32,33)34/h5-13,17-18,27H,4,14-16,19H2,1-3H3,(H,35,39)/t27-/m0/s1. The molecular formula is C31H32F3N3O5S. The summed E-state index contributed by atoms with van der Waals surface area (Å²) in [6, 6.07) is 16.8. The van der Waals surface area contributed by atoms with Gasteiger partial charge in [-0.3, -0.25) is 14.5 Å². The highest BCUT2D eigenvalue weighted by molar-refractivity contribution is 8.15. The van der Waals surface area contributed by atoms with Crippen molar-refractivity contribution in [3.63, 3.8) is 0 Å². The van der Waals surface area contributed by atoms with Crippen LogP contribution in [0.5, 0.6) is 17.2 Å². The van der Waals surface area contributed by atoms with E-state index in [0.29, 0.717) is 36.0 Å². The number of halogens is 3. The molecule has 8 nitrogen and oxygen atoms in total. The van der Waals surface area contributed by atoms with E-state index < -0.39 is 22.9 Å². The SMILES string of the molecule is CCCOc1ccc(NC(=O)[C@@H]2CC(=O)N(CCc3ccc(OC)c(OC)c3)C(=Nc3cccc(C(F)(F)F)c3)S2)cc1. The Morgan fingerprint density at radius 1 is 1.05 bits per heavy atom. The molecular weight excluding hydrogens is 583 g/mol. The molecule has 0 spiro atoms. The number of alkyl halides is 3. The van der Waals surface area contributed by atoms with Crippen LogP contribution in [0.4, 0.5) is 24.5 Å². The molecule has 0 radical (unpaired) electrons. The number of benzene rings is 3. The van der Waals surface area contributed by atoms with Crippen LogP contribution in [0.2, 0.25) is 0 Å². The van der Waals surface area contributed by atoms with E-state index >= 15 is 0 Å². The lowest BCUT2D eigenvalue weighted by Crippen LogP contribution is -2.46. The monoisotopic (exact) mass is 615 g/mol. The van der Waals surface area contributed by atoms with Crippen molar-refractivity contribution in [3.8, 4) is 17.2 Å². The van der Waals surface area contributed by atoms with Gasteiger partial charge in [0.05, 0.1) is 32.1 Å². The zero-order chi connectivity index (χ0) is 31.0. The second kappa shape index (κ2) is 14.3. The van der Waals surface area contributed by atoms with Gasteiger partial charge in [0, 0.05) is 18.7 Å². The van der Waals surface area contributed by atoms with E-state index in [2.05, 4.69) is 10.3 Å². The predicted molar refractivity (Wildman–Crippen MR) is 160 cm³/mol. The molecule has 1 aliphatic heterocycles. The summed E-state index contributed by atoms with van der Waals surface area (Å²) in [6.07, 6.45) is -3.40. The topological polar surface area (TPSA) is 89.5 Å². The molecule has 12 heteroatoms. The van der Waals surface area contributed by atoms with Crippen LogP contribution in [0.25, 0.3) is 0 Å². The van der Waals surface area contributed by atoms with Gasteiger partial charge in [-0.05, 0) is 73.0 Å². The maximum absolute atomic E-state index is 13.4. The summed E-state index contributed by atoms with van der Waals surface area (Å²) in [6.45, 7) is 2.76. The molecule has 1 saturated heterocycles. The number of nitrogens with zero attached hydrogens (tertiary/aromatic N) is 2. The first-order chi connectivity index (χ1) is 20.6. The average molecular weight is 616 g/mol. The molecule has 43 heavy (non-hydrogen) atoms. The lowest BCUT2D eigenvalue weighted by Gasteiger charge is -2.32. The number of anilines is 1. The molecule has 1 aliphatic rings. The number of hydrogen-bond acceptors (Lipinski definition) is 7. The fraction of sp³-hybridized carbons (Fsp3) is 0.323. The van der Waals surface area contributed by atoms with Crippen LogP contribution >= 0.6 is 11.8 Å². The van der Waals surface area contributed by atoms with Crippen molar-refractivity contribution >= 4 is 40.1 Å². The number of carbonyl (C=O) groups excluding carboxylic acids is 2. The average Bonchev–Trinajstić information content (AvgIpc) is 2.99. The molecule has 1 fully saturated rings. The minimum atomic E-state index is -4.56. The van der Waals surface area contributed by atoms with Crippen LogP contribution in [-0.4, -0.2) is 54.5 Å². The number of amidine groups is 1. The van der Waals surface area contributed by atoms with Crippen molar-refractivity contribution in [1.29, 1.82) is 0 Å². The molecule has 0 aliphatic carbocycles. The zero-order valence-corrected chi connectivity index (χ0v) is 24.8. The Morgan fingerprint density at radius 2 is 1.79 bits per heavy atom. The fourth-order valence-electron chi connectivity index (χ4n) is 4.28. The summed E-state index contributed by atoms with van der Waals surface area (Å²) in [7, 11) is 3.05. The number of ether oxygens (including phenoxy) is 3. The molecule has 3 aromatic rings. The number of aliphatic imine (C=N–C) groups is 1. The van der Waals surface area contributed by atoms with Gasteiger partial charge in [-0.15, -0.1) is 0 Å². The molecule has 1 atom stereocenters. The summed E-state index contributed by atoms with van der Waals surface area (Å²) >= 11 is 1.03. The maximum Gasteiger partial charge on any atom is 0.416 e. The van der Waals surface area contributed by atoms with Crippen LogP contribution in [0.15, 0.2) is 71.7 Å². The van der Waals surface area contributed by atoms with Gasteiger partial charge in [-0.2, -0.15) is 13.2 Å². The van der Waals surface area contributed by atoms with Crippen molar-refractivity contribution < 1.29 is 37.0 Å². The lowest BCUT2D eigenvalue weighted by atomic mass is 10.1. The Hall–Kier alpha value is -4.19. The predicted octanol–water partition coefficient (Wildman–Crippen LogP) is 6.71. The molecule has 1 N–H and O–H groups in total. The smallest absolute Gasteiger partial charge is 0.416 e. The Bertz CT molecular complexity index is 1460. The Balaban J connectivity index is 1.56. The van der Waals surface area contributed by atoms with E-state index in [1.807, 2.05) is 13.0 Å². The van der Waals surface area contributed by atoms with Crippen LogP contribution < -0.4 is 19.5 Å². The van der Waals surface area contributed by atoms with Gasteiger partial charge >= 0.3 is 6.18 Å². The highest BCUT2D eigenvalue weighted by atomic mass is 32.2. The van der Waals surface area contributed by atoms with Gasteiger partial charge in [-0.1, -0.05) is 30.8 Å². The molecule has 0 saturated carbocycles. The second-order valence-corrected chi connectivity index (χ2v) is 10.8. The third-order valence-corrected chi connectivity index (χ3v) is 7.68. The summed E-state index contributed by atoms with van der Waals surface area (Å²) in [5.74, 6) is 0.964. The highest BCUT2D eigenvalue weighted by Gasteiger charge is 2.36. The normalized spacial score (nSPS) is 16.2. The minimum Gasteiger partial charge on any atom is -0.494 e. The van der Waals surface area contributed by atoms with E-state index in [1.165, 1.54) is 31.3 Å². The van der Waals surface area contributed by atoms with E-state index in [0.717, 1.165) is 35.9 Å². The van der Waals surface area contributed by atoms with Gasteiger partial charge in [0.1, 0.15) is 11.0 Å². The third-order valence-electron chi connectivity index (χ3n) is 6.50. The van der Waals surface area contributed by atoms with Gasteiger partial charge in [-0.25, -0.2) is 4.99 Å². The van der Waals surface area contributed by atoms with Crippen molar-refractivity contribution in [2.75, 3.05) is 32.7 Å². The first-order valence-electron chi connectivity index (χ1n) is 13.6. The molecule has 1 heterocycles. The van der Waals surface area contributed by atoms with Gasteiger partial charge < -0.3 is 19.5 Å². The summed E-state index contributed by atoms with van der Waals surface area (Å²) in [4.78, 5) is 32.4. The molecule has 2 amide bonds. The van der Waals surface area contributed by atoms with Crippen LogP contribution in [0.1, 0.15) is 30.9 Å². The van der Waals surface area contributed by atoms with Crippen molar-refractivity contribution in [1.82, 2.24) is 4.90 Å². The number of amides is 2. The zero-order valence-electron chi connectivity index (χ0n) is 23.9.